The fourth-order valence-corrected chi connectivity index (χ4v) is 4.05. The van der Waals surface area contributed by atoms with Gasteiger partial charge in [-0.25, -0.2) is 8.78 Å². The number of fused-ring (bicyclic) bond motifs is 3. The van der Waals surface area contributed by atoms with Gasteiger partial charge in [-0.15, -0.1) is 0 Å². The standard InChI is InChI=1S/C22H24F2N2O/c1-14-10-21-19(13-25(14)2)18-11-16(23)12-20(24)22(18)26(21)9-8-15-4-6-17(27-3)7-5-15/h4-7,11-12,14H,8-10,13H2,1-3H3. The van der Waals surface area contributed by atoms with Crippen molar-refractivity contribution < 1.29 is 13.5 Å². The van der Waals surface area contributed by atoms with Crippen LogP contribution in [-0.4, -0.2) is 29.7 Å². The molecular weight excluding hydrogens is 346 g/mol. The molecule has 27 heavy (non-hydrogen) atoms. The molecule has 0 spiro atoms. The highest BCUT2D eigenvalue weighted by Gasteiger charge is 2.28. The monoisotopic (exact) mass is 370 g/mol. The minimum atomic E-state index is -0.517. The molecule has 2 aromatic carbocycles. The van der Waals surface area contributed by atoms with Crippen molar-refractivity contribution in [2.24, 2.45) is 0 Å². The summed E-state index contributed by atoms with van der Waals surface area (Å²) in [6.45, 7) is 3.55. The SMILES string of the molecule is COc1ccc(CCn2c3c(c4cc(F)cc(F)c42)CN(C)C(C)C3)cc1. The Balaban J connectivity index is 1.75. The summed E-state index contributed by atoms with van der Waals surface area (Å²) in [6.07, 6.45) is 1.62. The van der Waals surface area contributed by atoms with Gasteiger partial charge in [0, 0.05) is 42.7 Å². The van der Waals surface area contributed by atoms with E-state index >= 15 is 0 Å². The van der Waals surface area contributed by atoms with Crippen molar-refractivity contribution in [1.82, 2.24) is 9.47 Å². The summed E-state index contributed by atoms with van der Waals surface area (Å²) in [5, 5.41) is 0.705. The van der Waals surface area contributed by atoms with Crippen LogP contribution in [0, 0.1) is 11.6 Å². The molecule has 3 aromatic rings. The van der Waals surface area contributed by atoms with E-state index < -0.39 is 11.6 Å². The molecule has 0 saturated heterocycles. The third-order valence-electron chi connectivity index (χ3n) is 5.73. The van der Waals surface area contributed by atoms with Crippen molar-refractivity contribution >= 4 is 10.9 Å². The Bertz CT molecular complexity index is 978. The first kappa shape index (κ1) is 18.0. The van der Waals surface area contributed by atoms with Gasteiger partial charge in [-0.05, 0) is 49.7 Å². The molecule has 0 amide bonds. The third kappa shape index (κ3) is 3.21. The summed E-state index contributed by atoms with van der Waals surface area (Å²) in [4.78, 5) is 2.23. The molecule has 1 aliphatic rings. The maximum absolute atomic E-state index is 14.7. The Morgan fingerprint density at radius 2 is 1.89 bits per heavy atom. The zero-order chi connectivity index (χ0) is 19.1. The molecule has 0 bridgehead atoms. The second-order valence-electron chi connectivity index (χ2n) is 7.43. The lowest BCUT2D eigenvalue weighted by molar-refractivity contribution is 0.228. The van der Waals surface area contributed by atoms with Gasteiger partial charge in [0.2, 0.25) is 0 Å². The number of hydrogen-bond donors (Lipinski definition) is 0. The topological polar surface area (TPSA) is 17.4 Å². The first-order valence-corrected chi connectivity index (χ1v) is 9.30. The van der Waals surface area contributed by atoms with Gasteiger partial charge in [-0.3, -0.25) is 4.90 Å². The summed E-state index contributed by atoms with van der Waals surface area (Å²) in [6, 6.07) is 10.8. The van der Waals surface area contributed by atoms with E-state index in [0.717, 1.165) is 41.5 Å². The zero-order valence-corrected chi connectivity index (χ0v) is 15.9. The lowest BCUT2D eigenvalue weighted by atomic mass is 10.00. The molecule has 1 aromatic heterocycles. The van der Waals surface area contributed by atoms with Gasteiger partial charge in [0.15, 0.2) is 0 Å². The van der Waals surface area contributed by atoms with E-state index in [4.69, 9.17) is 4.74 Å². The highest BCUT2D eigenvalue weighted by Crippen LogP contribution is 2.34. The summed E-state index contributed by atoms with van der Waals surface area (Å²) in [5.74, 6) is -0.179. The summed E-state index contributed by atoms with van der Waals surface area (Å²) >= 11 is 0. The molecule has 5 heteroatoms. The highest BCUT2D eigenvalue weighted by atomic mass is 19.1. The first-order valence-electron chi connectivity index (χ1n) is 9.30. The Morgan fingerprint density at radius 3 is 2.59 bits per heavy atom. The molecule has 0 aliphatic carbocycles. The van der Waals surface area contributed by atoms with Crippen molar-refractivity contribution in [3.63, 3.8) is 0 Å². The van der Waals surface area contributed by atoms with Crippen LogP contribution in [0.15, 0.2) is 36.4 Å². The molecule has 0 N–H and O–H groups in total. The van der Waals surface area contributed by atoms with Crippen LogP contribution in [0.4, 0.5) is 8.78 Å². The van der Waals surface area contributed by atoms with Crippen LogP contribution in [0.5, 0.6) is 5.75 Å². The van der Waals surface area contributed by atoms with Crippen LogP contribution < -0.4 is 4.74 Å². The molecule has 142 valence electrons. The number of benzene rings is 2. The van der Waals surface area contributed by atoms with Crippen LogP contribution in [0.1, 0.15) is 23.7 Å². The van der Waals surface area contributed by atoms with Crippen LogP contribution >= 0.6 is 0 Å². The number of methoxy groups -OCH3 is 1. The van der Waals surface area contributed by atoms with Crippen molar-refractivity contribution in [3.8, 4) is 5.75 Å². The van der Waals surface area contributed by atoms with E-state index in [1.54, 1.807) is 7.11 Å². The van der Waals surface area contributed by atoms with E-state index in [9.17, 15) is 8.78 Å². The predicted molar refractivity (Wildman–Crippen MR) is 103 cm³/mol. The fraction of sp³-hybridized carbons (Fsp3) is 0.364. The molecule has 4 rings (SSSR count). The lowest BCUT2D eigenvalue weighted by Crippen LogP contribution is -2.35. The molecule has 0 saturated carbocycles. The first-order chi connectivity index (χ1) is 13.0. The maximum Gasteiger partial charge on any atom is 0.150 e. The molecule has 1 unspecified atom stereocenters. The largest absolute Gasteiger partial charge is 0.497 e. The summed E-state index contributed by atoms with van der Waals surface area (Å²) in [7, 11) is 3.71. The van der Waals surface area contributed by atoms with Crippen molar-refractivity contribution in [3.05, 3.63) is 64.9 Å². The zero-order valence-electron chi connectivity index (χ0n) is 15.9. The van der Waals surface area contributed by atoms with Crippen LogP contribution in [0.25, 0.3) is 10.9 Å². The Labute approximate surface area is 158 Å². The molecule has 3 nitrogen and oxygen atoms in total. The predicted octanol–water partition coefficient (Wildman–Crippen LogP) is 4.55. The lowest BCUT2D eigenvalue weighted by Gasteiger charge is -2.31. The van der Waals surface area contributed by atoms with Gasteiger partial charge in [0.1, 0.15) is 17.4 Å². The van der Waals surface area contributed by atoms with Crippen molar-refractivity contribution in [2.75, 3.05) is 14.2 Å². The number of ether oxygens (including phenoxy) is 1. The summed E-state index contributed by atoms with van der Waals surface area (Å²) in [5.41, 5.74) is 3.87. The molecule has 0 radical (unpaired) electrons. The van der Waals surface area contributed by atoms with E-state index in [1.165, 1.54) is 6.07 Å². The molecule has 0 fully saturated rings. The fourth-order valence-electron chi connectivity index (χ4n) is 4.05. The molecule has 1 aliphatic heterocycles. The Kier molecular flexibility index (Phi) is 4.64. The van der Waals surface area contributed by atoms with Gasteiger partial charge < -0.3 is 9.30 Å². The van der Waals surface area contributed by atoms with E-state index in [1.807, 2.05) is 24.3 Å². The highest BCUT2D eigenvalue weighted by molar-refractivity contribution is 5.86. The maximum atomic E-state index is 14.7. The van der Waals surface area contributed by atoms with Gasteiger partial charge in [-0.2, -0.15) is 0 Å². The number of aromatic nitrogens is 1. The quantitative estimate of drug-likeness (QED) is 0.670. The normalized spacial score (nSPS) is 17.3. The number of nitrogens with zero attached hydrogens (tertiary/aromatic N) is 2. The Hall–Kier alpha value is -2.40. The number of rotatable bonds is 4. The van der Waals surface area contributed by atoms with E-state index in [2.05, 4.69) is 23.4 Å². The summed E-state index contributed by atoms with van der Waals surface area (Å²) < 4.78 is 35.9. The second kappa shape index (κ2) is 6.97. The smallest absolute Gasteiger partial charge is 0.150 e. The van der Waals surface area contributed by atoms with Crippen LogP contribution in [0.2, 0.25) is 0 Å². The van der Waals surface area contributed by atoms with Gasteiger partial charge in [0.05, 0.1) is 12.6 Å². The number of hydrogen-bond acceptors (Lipinski definition) is 2. The van der Waals surface area contributed by atoms with Crippen LogP contribution in [-0.2, 0) is 25.9 Å². The third-order valence-corrected chi connectivity index (χ3v) is 5.73. The number of aryl methyl sites for hydroxylation is 2. The molecule has 2 heterocycles. The minimum Gasteiger partial charge on any atom is -0.497 e. The van der Waals surface area contributed by atoms with Gasteiger partial charge in [-0.1, -0.05) is 12.1 Å². The average Bonchev–Trinajstić information content (AvgIpc) is 2.94. The molecule has 1 atom stereocenters. The van der Waals surface area contributed by atoms with Crippen molar-refractivity contribution in [1.29, 1.82) is 0 Å². The molecular formula is C22H24F2N2O. The average molecular weight is 370 g/mol. The number of halogens is 2. The Morgan fingerprint density at radius 1 is 1.15 bits per heavy atom. The number of likely N-dealkylation sites (N-methyl/N-ethyl adjacent to an activating group) is 1. The van der Waals surface area contributed by atoms with Crippen molar-refractivity contribution in [2.45, 2.75) is 38.9 Å². The minimum absolute atomic E-state index is 0.370. The van der Waals surface area contributed by atoms with Crippen LogP contribution in [0.3, 0.4) is 0 Å². The van der Waals surface area contributed by atoms with Gasteiger partial charge >= 0.3 is 0 Å². The second-order valence-corrected chi connectivity index (χ2v) is 7.43. The van der Waals surface area contributed by atoms with E-state index in [-0.39, 0.29) is 0 Å². The van der Waals surface area contributed by atoms with Gasteiger partial charge in [0.25, 0.3) is 0 Å². The van der Waals surface area contributed by atoms with E-state index in [0.29, 0.717) is 30.0 Å².